The van der Waals surface area contributed by atoms with Gasteiger partial charge in [-0.3, -0.25) is 9.89 Å². The number of likely N-dealkylation sites (tertiary alicyclic amines) is 1. The fourth-order valence-corrected chi connectivity index (χ4v) is 2.02. The molecule has 6 heteroatoms. The van der Waals surface area contributed by atoms with Crippen LogP contribution >= 0.6 is 0 Å². The highest BCUT2D eigenvalue weighted by molar-refractivity contribution is 5.90. The monoisotopic (exact) mass is 221 g/mol. The van der Waals surface area contributed by atoms with Crippen molar-refractivity contribution in [2.24, 2.45) is 5.73 Å². The Morgan fingerprint density at radius 3 is 2.88 bits per heavy atom. The number of nitrogens with zero attached hydrogens (tertiary/aromatic N) is 3. The number of nitrogens with one attached hydrogen (secondary N) is 1. The first-order chi connectivity index (χ1) is 7.74. The highest BCUT2D eigenvalue weighted by Gasteiger charge is 2.31. The average Bonchev–Trinajstić information content (AvgIpc) is 2.86. The molecule has 3 rings (SSSR count). The molecule has 1 aliphatic heterocycles. The lowest BCUT2D eigenvalue weighted by atomic mass is 10.3. The van der Waals surface area contributed by atoms with Crippen molar-refractivity contribution < 1.29 is 4.79 Å². The molecule has 1 aliphatic carbocycles. The van der Waals surface area contributed by atoms with Gasteiger partial charge in [-0.15, -0.1) is 5.10 Å². The first-order valence-corrected chi connectivity index (χ1v) is 5.71. The molecule has 1 saturated heterocycles. The first-order valence-electron chi connectivity index (χ1n) is 5.71. The van der Waals surface area contributed by atoms with Crippen LogP contribution in [0.25, 0.3) is 0 Å². The summed E-state index contributed by atoms with van der Waals surface area (Å²) in [5.74, 6) is 1.54. The Kier molecular flexibility index (Phi) is 2.17. The Labute approximate surface area is 93.2 Å². The summed E-state index contributed by atoms with van der Waals surface area (Å²) in [5.41, 5.74) is 5.76. The maximum absolute atomic E-state index is 12.0. The highest BCUT2D eigenvalue weighted by atomic mass is 16.2. The van der Waals surface area contributed by atoms with Gasteiger partial charge in [-0.1, -0.05) is 0 Å². The second-order valence-corrected chi connectivity index (χ2v) is 4.62. The van der Waals surface area contributed by atoms with Crippen molar-refractivity contribution in [3.05, 3.63) is 11.6 Å². The van der Waals surface area contributed by atoms with E-state index >= 15 is 0 Å². The predicted octanol–water partition coefficient (Wildman–Crippen LogP) is -0.145. The fraction of sp³-hybridized carbons (Fsp3) is 0.700. The number of H-pyrrole nitrogens is 1. The Morgan fingerprint density at radius 1 is 1.44 bits per heavy atom. The van der Waals surface area contributed by atoms with E-state index in [1.807, 2.05) is 0 Å². The lowest BCUT2D eigenvalue weighted by Crippen LogP contribution is -2.32. The smallest absolute Gasteiger partial charge is 0.293 e. The van der Waals surface area contributed by atoms with Gasteiger partial charge in [0.1, 0.15) is 5.82 Å². The number of nitrogens with two attached hydrogens (primary N) is 1. The number of carbonyl (C=O) groups excluding carboxylic acids is 1. The molecule has 0 aromatic carbocycles. The van der Waals surface area contributed by atoms with E-state index in [1.165, 1.54) is 0 Å². The van der Waals surface area contributed by atoms with Crippen molar-refractivity contribution in [3.8, 4) is 0 Å². The van der Waals surface area contributed by atoms with Gasteiger partial charge in [0.2, 0.25) is 5.82 Å². The zero-order valence-corrected chi connectivity index (χ0v) is 9.02. The molecule has 0 spiro atoms. The molecular weight excluding hydrogens is 206 g/mol. The minimum absolute atomic E-state index is 0.101. The third-order valence-electron chi connectivity index (χ3n) is 3.17. The molecule has 1 aromatic rings. The molecule has 3 N–H and O–H groups in total. The number of hydrogen-bond acceptors (Lipinski definition) is 4. The van der Waals surface area contributed by atoms with Gasteiger partial charge in [-0.05, 0) is 19.3 Å². The number of carbonyl (C=O) groups is 1. The normalized spacial score (nSPS) is 25.1. The Bertz CT molecular complexity index is 411. The molecule has 0 bridgehead atoms. The molecule has 16 heavy (non-hydrogen) atoms. The van der Waals surface area contributed by atoms with E-state index in [4.69, 9.17) is 5.73 Å². The van der Waals surface area contributed by atoms with Crippen molar-refractivity contribution >= 4 is 5.91 Å². The molecule has 2 aliphatic rings. The van der Waals surface area contributed by atoms with E-state index < -0.39 is 0 Å². The van der Waals surface area contributed by atoms with Gasteiger partial charge in [0, 0.05) is 25.0 Å². The average molecular weight is 221 g/mol. The Morgan fingerprint density at radius 2 is 2.25 bits per heavy atom. The van der Waals surface area contributed by atoms with Crippen molar-refractivity contribution in [1.82, 2.24) is 20.1 Å². The SMILES string of the molecule is N[C@@H]1CCN(C(=O)c2n[nH]c(C3CC3)n2)C1. The molecule has 1 aromatic heterocycles. The largest absolute Gasteiger partial charge is 0.334 e. The van der Waals surface area contributed by atoms with E-state index in [0.717, 1.165) is 25.1 Å². The van der Waals surface area contributed by atoms with Crippen LogP contribution in [0, 0.1) is 0 Å². The minimum Gasteiger partial charge on any atom is -0.334 e. The Balaban J connectivity index is 1.73. The Hall–Kier alpha value is -1.43. The van der Waals surface area contributed by atoms with Gasteiger partial charge in [-0.25, -0.2) is 4.98 Å². The van der Waals surface area contributed by atoms with Gasteiger partial charge < -0.3 is 10.6 Å². The summed E-state index contributed by atoms with van der Waals surface area (Å²) in [6.45, 7) is 1.33. The maximum Gasteiger partial charge on any atom is 0.293 e. The summed E-state index contributed by atoms with van der Waals surface area (Å²) < 4.78 is 0. The fourth-order valence-electron chi connectivity index (χ4n) is 2.02. The first kappa shape index (κ1) is 9.77. The second kappa shape index (κ2) is 3.55. The van der Waals surface area contributed by atoms with Gasteiger partial charge >= 0.3 is 0 Å². The summed E-state index contributed by atoms with van der Waals surface area (Å²) in [6.07, 6.45) is 3.17. The molecule has 0 unspecified atom stereocenters. The molecule has 1 atom stereocenters. The van der Waals surface area contributed by atoms with Crippen molar-refractivity contribution in [3.63, 3.8) is 0 Å². The van der Waals surface area contributed by atoms with E-state index in [1.54, 1.807) is 4.90 Å². The van der Waals surface area contributed by atoms with Crippen molar-refractivity contribution in [2.45, 2.75) is 31.2 Å². The quantitative estimate of drug-likeness (QED) is 0.727. The predicted molar refractivity (Wildman–Crippen MR) is 56.9 cm³/mol. The molecular formula is C10H15N5O. The lowest BCUT2D eigenvalue weighted by molar-refractivity contribution is 0.0779. The van der Waals surface area contributed by atoms with Crippen molar-refractivity contribution in [2.75, 3.05) is 13.1 Å². The number of rotatable bonds is 2. The van der Waals surface area contributed by atoms with E-state index in [2.05, 4.69) is 15.2 Å². The van der Waals surface area contributed by atoms with Crippen LogP contribution in [-0.2, 0) is 0 Å². The van der Waals surface area contributed by atoms with Gasteiger partial charge in [0.15, 0.2) is 0 Å². The van der Waals surface area contributed by atoms with Crippen LogP contribution in [0.15, 0.2) is 0 Å². The maximum atomic E-state index is 12.0. The van der Waals surface area contributed by atoms with Crippen LogP contribution in [0.2, 0.25) is 0 Å². The molecule has 2 heterocycles. The van der Waals surface area contributed by atoms with Crippen LogP contribution in [-0.4, -0.2) is 45.1 Å². The summed E-state index contributed by atoms with van der Waals surface area (Å²) in [6, 6.07) is 0.103. The van der Waals surface area contributed by atoms with E-state index in [0.29, 0.717) is 19.0 Å². The van der Waals surface area contributed by atoms with E-state index in [9.17, 15) is 4.79 Å². The molecule has 6 nitrogen and oxygen atoms in total. The second-order valence-electron chi connectivity index (χ2n) is 4.62. The highest BCUT2D eigenvalue weighted by Crippen LogP contribution is 2.37. The zero-order chi connectivity index (χ0) is 11.1. The summed E-state index contributed by atoms with van der Waals surface area (Å²) in [4.78, 5) is 17.9. The summed E-state index contributed by atoms with van der Waals surface area (Å²) in [5, 5.41) is 6.82. The lowest BCUT2D eigenvalue weighted by Gasteiger charge is -2.12. The molecule has 86 valence electrons. The summed E-state index contributed by atoms with van der Waals surface area (Å²) >= 11 is 0. The summed E-state index contributed by atoms with van der Waals surface area (Å²) in [7, 11) is 0. The number of aromatic amines is 1. The topological polar surface area (TPSA) is 87.9 Å². The number of hydrogen-bond donors (Lipinski definition) is 2. The van der Waals surface area contributed by atoms with Crippen LogP contribution in [0.4, 0.5) is 0 Å². The minimum atomic E-state index is -0.101. The third-order valence-corrected chi connectivity index (χ3v) is 3.17. The molecule has 2 fully saturated rings. The zero-order valence-electron chi connectivity index (χ0n) is 9.02. The third kappa shape index (κ3) is 1.69. The van der Waals surface area contributed by atoms with Crippen LogP contribution in [0.1, 0.15) is 41.6 Å². The van der Waals surface area contributed by atoms with Gasteiger partial charge in [0.05, 0.1) is 0 Å². The van der Waals surface area contributed by atoms with Gasteiger partial charge in [0.25, 0.3) is 5.91 Å². The molecule has 1 amide bonds. The van der Waals surface area contributed by atoms with Crippen LogP contribution < -0.4 is 5.73 Å². The van der Waals surface area contributed by atoms with Crippen molar-refractivity contribution in [1.29, 1.82) is 0 Å². The van der Waals surface area contributed by atoms with Crippen LogP contribution in [0.5, 0.6) is 0 Å². The number of amides is 1. The molecule has 1 saturated carbocycles. The van der Waals surface area contributed by atoms with E-state index in [-0.39, 0.29) is 17.8 Å². The van der Waals surface area contributed by atoms with Gasteiger partial charge in [-0.2, -0.15) is 0 Å². The molecule has 0 radical (unpaired) electrons. The number of aromatic nitrogens is 3. The van der Waals surface area contributed by atoms with Crippen LogP contribution in [0.3, 0.4) is 0 Å². The standard InChI is InChI=1S/C10H15N5O/c11-7-3-4-15(5-7)10(16)9-12-8(13-14-9)6-1-2-6/h6-7H,1-5,11H2,(H,12,13,14)/t7-/m1/s1.